The van der Waals surface area contributed by atoms with E-state index < -0.39 is 0 Å². The Morgan fingerprint density at radius 3 is 2.84 bits per heavy atom. The van der Waals surface area contributed by atoms with Crippen LogP contribution in [0.4, 0.5) is 4.79 Å². The number of amides is 1. The van der Waals surface area contributed by atoms with Crippen LogP contribution in [0.5, 0.6) is 0 Å². The van der Waals surface area contributed by atoms with Gasteiger partial charge in [0, 0.05) is 12.2 Å². The van der Waals surface area contributed by atoms with Gasteiger partial charge >= 0.3 is 6.09 Å². The molecule has 2 aliphatic heterocycles. The van der Waals surface area contributed by atoms with E-state index in [0.29, 0.717) is 6.61 Å². The van der Waals surface area contributed by atoms with E-state index in [1.807, 2.05) is 47.5 Å². The molecule has 3 heterocycles. The van der Waals surface area contributed by atoms with Crippen molar-refractivity contribution in [3.63, 3.8) is 0 Å². The van der Waals surface area contributed by atoms with Gasteiger partial charge in [-0.2, -0.15) is 0 Å². The van der Waals surface area contributed by atoms with E-state index >= 15 is 0 Å². The van der Waals surface area contributed by atoms with Crippen molar-refractivity contribution in [2.45, 2.75) is 44.9 Å². The molecule has 0 spiro atoms. The third-order valence-electron chi connectivity index (χ3n) is 5.06. The fraction of sp³-hybridized carbons (Fsp3) is 0.333. The number of ether oxygens (including phenoxy) is 1. The first kappa shape index (κ1) is 15.9. The van der Waals surface area contributed by atoms with Crippen molar-refractivity contribution >= 4 is 11.7 Å². The average Bonchev–Trinajstić information content (AvgIpc) is 2.90. The first-order valence-corrected chi connectivity index (χ1v) is 8.83. The van der Waals surface area contributed by atoms with Crippen LogP contribution >= 0.6 is 0 Å². The lowest BCUT2D eigenvalue weighted by Gasteiger charge is -2.33. The molecule has 4 nitrogen and oxygen atoms in total. The zero-order valence-corrected chi connectivity index (χ0v) is 14.4. The summed E-state index contributed by atoms with van der Waals surface area (Å²) in [5.74, 6) is 0. The summed E-state index contributed by atoms with van der Waals surface area (Å²) < 4.78 is 5.55. The fourth-order valence-corrected chi connectivity index (χ4v) is 3.81. The Morgan fingerprint density at radius 1 is 1.24 bits per heavy atom. The van der Waals surface area contributed by atoms with Crippen molar-refractivity contribution in [1.29, 1.82) is 0 Å². The van der Waals surface area contributed by atoms with Crippen molar-refractivity contribution in [3.05, 3.63) is 71.6 Å². The van der Waals surface area contributed by atoms with Gasteiger partial charge in [0.05, 0.1) is 11.7 Å². The second-order valence-electron chi connectivity index (χ2n) is 6.86. The molecule has 128 valence electrons. The lowest BCUT2D eigenvalue weighted by molar-refractivity contribution is 0.0832. The monoisotopic (exact) mass is 334 g/mol. The summed E-state index contributed by atoms with van der Waals surface area (Å²) >= 11 is 0. The Kier molecular flexibility index (Phi) is 4.26. The second kappa shape index (κ2) is 6.71. The van der Waals surface area contributed by atoms with Gasteiger partial charge in [-0.05, 0) is 55.0 Å². The van der Waals surface area contributed by atoms with Gasteiger partial charge in [0.25, 0.3) is 0 Å². The molecule has 2 unspecified atom stereocenters. The van der Waals surface area contributed by atoms with E-state index in [1.54, 1.807) is 0 Å². The van der Waals surface area contributed by atoms with Crippen LogP contribution in [0, 0.1) is 6.92 Å². The van der Waals surface area contributed by atoms with Crippen molar-refractivity contribution in [3.8, 4) is 0 Å². The summed E-state index contributed by atoms with van der Waals surface area (Å²) in [5, 5.41) is 0. The first-order chi connectivity index (χ1) is 12.2. The summed E-state index contributed by atoms with van der Waals surface area (Å²) in [7, 11) is 0. The minimum absolute atomic E-state index is 0.124. The van der Waals surface area contributed by atoms with E-state index in [2.05, 4.69) is 24.1 Å². The SMILES string of the molecule is Cc1ccnc(C2=CC3CCC(C2)N3C(=O)OCc2ccccc2)c1. The van der Waals surface area contributed by atoms with Gasteiger partial charge in [0.1, 0.15) is 6.61 Å². The Hall–Kier alpha value is -2.62. The topological polar surface area (TPSA) is 42.4 Å². The number of pyridine rings is 1. The number of aromatic nitrogens is 1. The summed E-state index contributed by atoms with van der Waals surface area (Å²) in [6, 6.07) is 14.3. The number of hydrogen-bond donors (Lipinski definition) is 0. The van der Waals surface area contributed by atoms with Gasteiger partial charge in [0.2, 0.25) is 0 Å². The quantitative estimate of drug-likeness (QED) is 0.838. The Morgan fingerprint density at radius 2 is 2.08 bits per heavy atom. The molecule has 0 radical (unpaired) electrons. The number of carbonyl (C=O) groups excluding carboxylic acids is 1. The minimum atomic E-state index is -0.205. The molecule has 1 aromatic carbocycles. The second-order valence-corrected chi connectivity index (χ2v) is 6.86. The standard InChI is InChI=1S/C21H22N2O2/c1-15-9-10-22-20(11-15)17-12-18-7-8-19(13-17)23(18)21(24)25-14-16-5-3-2-4-6-16/h2-6,9-12,18-19H,7-8,13-14H2,1H3. The van der Waals surface area contributed by atoms with Crippen LogP contribution in [-0.2, 0) is 11.3 Å². The summed E-state index contributed by atoms with van der Waals surface area (Å²) in [4.78, 5) is 19.0. The molecule has 0 N–H and O–H groups in total. The maximum Gasteiger partial charge on any atom is 0.410 e. The van der Waals surface area contributed by atoms with E-state index in [-0.39, 0.29) is 18.2 Å². The maximum atomic E-state index is 12.6. The Balaban J connectivity index is 1.47. The predicted molar refractivity (Wildman–Crippen MR) is 96.8 cm³/mol. The molecule has 0 aliphatic carbocycles. The molecular formula is C21H22N2O2. The lowest BCUT2D eigenvalue weighted by atomic mass is 9.98. The van der Waals surface area contributed by atoms with Gasteiger partial charge in [-0.3, -0.25) is 9.88 Å². The Bertz CT molecular complexity index is 801. The van der Waals surface area contributed by atoms with Crippen molar-refractivity contribution < 1.29 is 9.53 Å². The highest BCUT2D eigenvalue weighted by molar-refractivity contribution is 5.74. The van der Waals surface area contributed by atoms with Gasteiger partial charge in [-0.25, -0.2) is 4.79 Å². The van der Waals surface area contributed by atoms with Gasteiger partial charge in [-0.1, -0.05) is 36.4 Å². The number of aryl methyl sites for hydroxylation is 1. The lowest BCUT2D eigenvalue weighted by Crippen LogP contribution is -2.43. The molecule has 0 saturated carbocycles. The van der Waals surface area contributed by atoms with Crippen LogP contribution < -0.4 is 0 Å². The molecule has 25 heavy (non-hydrogen) atoms. The molecule has 2 bridgehead atoms. The zero-order chi connectivity index (χ0) is 17.2. The predicted octanol–water partition coefficient (Wildman–Crippen LogP) is 4.35. The zero-order valence-electron chi connectivity index (χ0n) is 14.4. The van der Waals surface area contributed by atoms with Gasteiger partial charge in [0.15, 0.2) is 0 Å². The molecule has 2 aliphatic rings. The normalized spacial score (nSPS) is 21.8. The van der Waals surface area contributed by atoms with Crippen LogP contribution in [-0.4, -0.2) is 28.1 Å². The molecule has 2 aromatic rings. The molecule has 4 rings (SSSR count). The number of benzene rings is 1. The molecule has 4 heteroatoms. The summed E-state index contributed by atoms with van der Waals surface area (Å²) in [5.41, 5.74) is 4.51. The largest absolute Gasteiger partial charge is 0.445 e. The molecule has 2 atom stereocenters. The minimum Gasteiger partial charge on any atom is -0.445 e. The smallest absolute Gasteiger partial charge is 0.410 e. The van der Waals surface area contributed by atoms with Crippen LogP contribution in [0.25, 0.3) is 5.57 Å². The van der Waals surface area contributed by atoms with Crippen molar-refractivity contribution in [1.82, 2.24) is 9.88 Å². The van der Waals surface area contributed by atoms with E-state index in [4.69, 9.17) is 4.74 Å². The summed E-state index contributed by atoms with van der Waals surface area (Å²) in [6.45, 7) is 2.40. The molecule has 1 aromatic heterocycles. The van der Waals surface area contributed by atoms with Crippen molar-refractivity contribution in [2.24, 2.45) is 0 Å². The fourth-order valence-electron chi connectivity index (χ4n) is 3.81. The van der Waals surface area contributed by atoms with Crippen LogP contribution in [0.2, 0.25) is 0 Å². The number of hydrogen-bond acceptors (Lipinski definition) is 3. The van der Waals surface area contributed by atoms with Crippen molar-refractivity contribution in [2.75, 3.05) is 0 Å². The third-order valence-corrected chi connectivity index (χ3v) is 5.06. The van der Waals surface area contributed by atoms with E-state index in [0.717, 1.165) is 30.5 Å². The van der Waals surface area contributed by atoms with E-state index in [9.17, 15) is 4.79 Å². The first-order valence-electron chi connectivity index (χ1n) is 8.83. The molecule has 1 saturated heterocycles. The highest BCUT2D eigenvalue weighted by Crippen LogP contribution is 2.38. The average molecular weight is 334 g/mol. The Labute approximate surface area is 148 Å². The van der Waals surface area contributed by atoms with Gasteiger partial charge in [-0.15, -0.1) is 0 Å². The maximum absolute atomic E-state index is 12.6. The number of nitrogens with zero attached hydrogens (tertiary/aromatic N) is 2. The number of carbonyl (C=O) groups is 1. The molecule has 1 fully saturated rings. The number of rotatable bonds is 3. The van der Waals surface area contributed by atoms with Gasteiger partial charge < -0.3 is 4.74 Å². The van der Waals surface area contributed by atoms with Crippen LogP contribution in [0.15, 0.2) is 54.7 Å². The highest BCUT2D eigenvalue weighted by atomic mass is 16.6. The molecular weight excluding hydrogens is 312 g/mol. The molecule has 1 amide bonds. The third kappa shape index (κ3) is 3.29. The number of fused-ring (bicyclic) bond motifs is 2. The summed E-state index contributed by atoms with van der Waals surface area (Å²) in [6.07, 6.45) is 6.73. The van der Waals surface area contributed by atoms with Crippen LogP contribution in [0.1, 0.15) is 36.1 Å². The highest BCUT2D eigenvalue weighted by Gasteiger charge is 2.40. The van der Waals surface area contributed by atoms with Crippen LogP contribution in [0.3, 0.4) is 0 Å². The van der Waals surface area contributed by atoms with E-state index in [1.165, 1.54) is 11.1 Å².